The fraction of sp³-hybridized carbons (Fsp3) is 0.182. The van der Waals surface area contributed by atoms with E-state index >= 15 is 0 Å². The highest BCUT2D eigenvalue weighted by molar-refractivity contribution is 7.08. The second-order valence-electron chi connectivity index (χ2n) is 7.37. The lowest BCUT2D eigenvalue weighted by Crippen LogP contribution is -2.24. The molecule has 0 aliphatic carbocycles. The molecule has 9 heteroatoms. The van der Waals surface area contributed by atoms with E-state index in [4.69, 9.17) is 0 Å². The second kappa shape index (κ2) is 7.84. The van der Waals surface area contributed by atoms with E-state index < -0.39 is 0 Å². The van der Waals surface area contributed by atoms with Crippen molar-refractivity contribution in [2.75, 3.05) is 11.4 Å². The first-order valence-corrected chi connectivity index (χ1v) is 10.9. The predicted molar refractivity (Wildman–Crippen MR) is 118 cm³/mol. The average molecular weight is 433 g/mol. The normalized spacial score (nSPS) is 13.8. The Morgan fingerprint density at radius 2 is 2.03 bits per heavy atom. The first-order valence-electron chi connectivity index (χ1n) is 9.91. The Morgan fingerprint density at radius 1 is 1.19 bits per heavy atom. The number of thiophene rings is 1. The maximum Gasteiger partial charge on any atom is 0.274 e. The summed E-state index contributed by atoms with van der Waals surface area (Å²) >= 11 is 1.53. The van der Waals surface area contributed by atoms with Crippen LogP contribution in [0, 0.1) is 0 Å². The van der Waals surface area contributed by atoms with Crippen LogP contribution < -0.4 is 15.8 Å². The summed E-state index contributed by atoms with van der Waals surface area (Å²) in [7, 11) is 0. The number of amides is 2. The molecule has 3 aromatic heterocycles. The fourth-order valence-electron chi connectivity index (χ4n) is 3.67. The molecule has 0 radical (unpaired) electrons. The second-order valence-corrected chi connectivity index (χ2v) is 8.15. The first-order chi connectivity index (χ1) is 15.1. The van der Waals surface area contributed by atoms with E-state index in [-0.39, 0.29) is 23.1 Å². The fourth-order valence-corrected chi connectivity index (χ4v) is 4.32. The molecule has 1 aliphatic heterocycles. The summed E-state index contributed by atoms with van der Waals surface area (Å²) < 4.78 is 1.43. The molecular weight excluding hydrogens is 414 g/mol. The molecule has 4 aromatic rings. The number of carbonyl (C=O) groups is 2. The Hall–Kier alpha value is -3.72. The number of fused-ring (bicyclic) bond motifs is 1. The monoisotopic (exact) mass is 433 g/mol. The molecule has 1 aromatic carbocycles. The molecule has 1 saturated heterocycles. The summed E-state index contributed by atoms with van der Waals surface area (Å²) in [5.74, 6) is -0.218. The van der Waals surface area contributed by atoms with Crippen LogP contribution >= 0.6 is 11.3 Å². The molecule has 0 saturated carbocycles. The average Bonchev–Trinajstić information content (AvgIpc) is 3.53. The molecule has 0 bridgehead atoms. The Balaban J connectivity index is 1.29. The highest BCUT2D eigenvalue weighted by Crippen LogP contribution is 2.22. The van der Waals surface area contributed by atoms with Crippen LogP contribution in [0.2, 0.25) is 0 Å². The minimum atomic E-state index is -0.362. The van der Waals surface area contributed by atoms with Crippen molar-refractivity contribution in [2.45, 2.75) is 19.4 Å². The third kappa shape index (κ3) is 3.75. The van der Waals surface area contributed by atoms with Gasteiger partial charge in [-0.25, -0.2) is 4.52 Å². The molecule has 0 atom stereocenters. The van der Waals surface area contributed by atoms with Crippen molar-refractivity contribution in [3.63, 3.8) is 0 Å². The van der Waals surface area contributed by atoms with E-state index in [0.29, 0.717) is 24.2 Å². The van der Waals surface area contributed by atoms with Gasteiger partial charge in [0, 0.05) is 42.2 Å². The number of hydrogen-bond acceptors (Lipinski definition) is 5. The van der Waals surface area contributed by atoms with Gasteiger partial charge < -0.3 is 15.2 Å². The number of carbonyl (C=O) groups excluding carboxylic acids is 2. The minimum absolute atomic E-state index is 0.144. The van der Waals surface area contributed by atoms with Crippen molar-refractivity contribution in [1.29, 1.82) is 0 Å². The number of nitrogens with zero attached hydrogens (tertiary/aromatic N) is 3. The van der Waals surface area contributed by atoms with Gasteiger partial charge in [-0.05, 0) is 35.6 Å². The Labute approximate surface area is 181 Å². The largest absolute Gasteiger partial charge is 0.347 e. The Morgan fingerprint density at radius 3 is 2.74 bits per heavy atom. The van der Waals surface area contributed by atoms with Crippen molar-refractivity contribution < 1.29 is 9.59 Å². The molecule has 0 unspecified atom stereocenters. The zero-order valence-corrected chi connectivity index (χ0v) is 17.3. The molecule has 0 spiro atoms. The van der Waals surface area contributed by atoms with Crippen LogP contribution in [0.5, 0.6) is 0 Å². The molecule has 1 aliphatic rings. The number of aromatic amines is 1. The van der Waals surface area contributed by atoms with Crippen LogP contribution in [0.15, 0.2) is 58.1 Å². The van der Waals surface area contributed by atoms with Gasteiger partial charge in [0.2, 0.25) is 5.91 Å². The van der Waals surface area contributed by atoms with Gasteiger partial charge >= 0.3 is 0 Å². The van der Waals surface area contributed by atoms with Crippen molar-refractivity contribution >= 4 is 34.4 Å². The highest BCUT2D eigenvalue weighted by Gasteiger charge is 2.21. The zero-order chi connectivity index (χ0) is 21.4. The lowest BCUT2D eigenvalue weighted by molar-refractivity contribution is -0.117. The number of rotatable bonds is 5. The van der Waals surface area contributed by atoms with Gasteiger partial charge in [-0.15, -0.1) is 0 Å². The summed E-state index contributed by atoms with van der Waals surface area (Å²) in [5.41, 5.74) is 3.50. The lowest BCUT2D eigenvalue weighted by atomic mass is 10.2. The van der Waals surface area contributed by atoms with Crippen LogP contribution in [0.3, 0.4) is 0 Å². The molecule has 4 heterocycles. The molecular formula is C22H19N5O3S. The number of aromatic nitrogens is 3. The predicted octanol–water partition coefficient (Wildman–Crippen LogP) is 2.81. The number of anilines is 1. The van der Waals surface area contributed by atoms with Gasteiger partial charge in [0.1, 0.15) is 5.52 Å². The maximum absolute atomic E-state index is 12.6. The minimum Gasteiger partial charge on any atom is -0.347 e. The van der Waals surface area contributed by atoms with E-state index in [2.05, 4.69) is 15.4 Å². The molecule has 2 N–H and O–H groups in total. The molecule has 31 heavy (non-hydrogen) atoms. The van der Waals surface area contributed by atoms with Crippen molar-refractivity contribution in [1.82, 2.24) is 19.9 Å². The smallest absolute Gasteiger partial charge is 0.274 e. The molecule has 2 amide bonds. The van der Waals surface area contributed by atoms with Crippen LogP contribution in [0.25, 0.3) is 16.8 Å². The molecule has 5 rings (SSSR count). The summed E-state index contributed by atoms with van der Waals surface area (Å²) in [6, 6.07) is 10.9. The third-order valence-corrected chi connectivity index (χ3v) is 5.99. The van der Waals surface area contributed by atoms with E-state index in [1.807, 2.05) is 41.1 Å². The van der Waals surface area contributed by atoms with Crippen LogP contribution in [0.1, 0.15) is 28.9 Å². The van der Waals surface area contributed by atoms with Crippen LogP contribution in [0.4, 0.5) is 5.69 Å². The molecule has 1 fully saturated rings. The van der Waals surface area contributed by atoms with Gasteiger partial charge in [0.05, 0.1) is 11.9 Å². The Kier molecular flexibility index (Phi) is 4.87. The number of H-pyrrole nitrogens is 1. The summed E-state index contributed by atoms with van der Waals surface area (Å²) in [6.45, 7) is 1.06. The van der Waals surface area contributed by atoms with E-state index in [0.717, 1.165) is 29.8 Å². The summed E-state index contributed by atoms with van der Waals surface area (Å²) in [5, 5.41) is 11.0. The molecule has 156 valence electrons. The van der Waals surface area contributed by atoms with E-state index in [9.17, 15) is 14.4 Å². The number of benzene rings is 1. The Bertz CT molecular complexity index is 1320. The number of nitrogens with one attached hydrogen (secondary N) is 2. The van der Waals surface area contributed by atoms with Crippen LogP contribution in [-0.4, -0.2) is 33.0 Å². The van der Waals surface area contributed by atoms with Crippen molar-refractivity contribution in [3.8, 4) is 11.3 Å². The zero-order valence-electron chi connectivity index (χ0n) is 16.5. The van der Waals surface area contributed by atoms with E-state index in [1.54, 1.807) is 11.1 Å². The van der Waals surface area contributed by atoms with Gasteiger partial charge in [0.25, 0.3) is 11.5 Å². The SMILES string of the molecule is O=C(NCc1ccc(N2CCCC2=O)cc1)c1cc2c(=O)[nH]c(-c3ccsc3)cn2n1. The third-order valence-electron chi connectivity index (χ3n) is 5.31. The van der Waals surface area contributed by atoms with Gasteiger partial charge in [-0.1, -0.05) is 12.1 Å². The van der Waals surface area contributed by atoms with Crippen LogP contribution in [-0.2, 0) is 11.3 Å². The van der Waals surface area contributed by atoms with Gasteiger partial charge in [-0.3, -0.25) is 14.4 Å². The first kappa shape index (κ1) is 19.3. The summed E-state index contributed by atoms with van der Waals surface area (Å²) in [4.78, 5) is 41.4. The topological polar surface area (TPSA) is 99.6 Å². The van der Waals surface area contributed by atoms with Crippen molar-refractivity contribution in [2.24, 2.45) is 0 Å². The van der Waals surface area contributed by atoms with Crippen molar-refractivity contribution in [3.05, 3.63) is 75.0 Å². The van der Waals surface area contributed by atoms with E-state index in [1.165, 1.54) is 21.9 Å². The lowest BCUT2D eigenvalue weighted by Gasteiger charge is -2.16. The van der Waals surface area contributed by atoms with Gasteiger partial charge in [-0.2, -0.15) is 16.4 Å². The maximum atomic E-state index is 12.6. The highest BCUT2D eigenvalue weighted by atomic mass is 32.1. The quantitative estimate of drug-likeness (QED) is 0.506. The summed E-state index contributed by atoms with van der Waals surface area (Å²) in [6.07, 6.45) is 3.18. The molecule has 8 nitrogen and oxygen atoms in total. The number of hydrogen-bond donors (Lipinski definition) is 2. The standard InChI is InChI=1S/C22H19N5O3S/c28-20-2-1-8-26(20)16-5-3-14(4-6-16)11-23-21(29)17-10-19-22(30)24-18(12-27(19)25-17)15-7-9-31-13-15/h3-7,9-10,12-13H,1-2,8,11H2,(H,23,29)(H,24,30). The van der Waals surface area contributed by atoms with Gasteiger partial charge in [0.15, 0.2) is 5.69 Å².